The summed E-state index contributed by atoms with van der Waals surface area (Å²) in [6.45, 7) is 0.585. The zero-order chi connectivity index (χ0) is 17.3. The summed E-state index contributed by atoms with van der Waals surface area (Å²) in [4.78, 5) is 31.9. The molecule has 2 amide bonds. The van der Waals surface area contributed by atoms with Crippen LogP contribution in [0.1, 0.15) is 16.8 Å². The molecular weight excluding hydrogens is 304 g/mol. The van der Waals surface area contributed by atoms with E-state index in [-0.39, 0.29) is 11.8 Å². The minimum atomic E-state index is -0.440. The van der Waals surface area contributed by atoms with Gasteiger partial charge in [-0.15, -0.1) is 0 Å². The summed E-state index contributed by atoms with van der Waals surface area (Å²) in [5.41, 5.74) is 8.02. The van der Waals surface area contributed by atoms with Gasteiger partial charge in [0.15, 0.2) is 0 Å². The summed E-state index contributed by atoms with van der Waals surface area (Å²) in [6.07, 6.45) is 2.33. The first-order valence-electron chi connectivity index (χ1n) is 7.83. The third kappa shape index (κ3) is 2.88. The summed E-state index contributed by atoms with van der Waals surface area (Å²) in [5, 5.41) is 0. The third-order valence-corrected chi connectivity index (χ3v) is 4.15. The standard InChI is InChI=1S/C18H20N4O2/c1-21(2)17(23)14-6-4-3-5-13(14)12-7-8-16(20-11-12)22-10-9-15(19)18(22)24/h3-8,11,15H,9-10,19H2,1-2H3/t15-/m0/s1. The summed E-state index contributed by atoms with van der Waals surface area (Å²) < 4.78 is 0. The molecule has 0 unspecified atom stereocenters. The van der Waals surface area contributed by atoms with E-state index in [2.05, 4.69) is 4.98 Å². The van der Waals surface area contributed by atoms with Gasteiger partial charge >= 0.3 is 0 Å². The van der Waals surface area contributed by atoms with E-state index in [4.69, 9.17) is 5.73 Å². The van der Waals surface area contributed by atoms with Gasteiger partial charge in [-0.25, -0.2) is 4.98 Å². The smallest absolute Gasteiger partial charge is 0.253 e. The molecule has 24 heavy (non-hydrogen) atoms. The molecule has 1 saturated heterocycles. The van der Waals surface area contributed by atoms with Gasteiger partial charge in [0.2, 0.25) is 5.91 Å². The van der Waals surface area contributed by atoms with Crippen LogP contribution in [0.3, 0.4) is 0 Å². The molecule has 0 aliphatic carbocycles. The monoisotopic (exact) mass is 324 g/mol. The second-order valence-corrected chi connectivity index (χ2v) is 6.04. The Bertz CT molecular complexity index is 771. The van der Waals surface area contributed by atoms with Crippen molar-refractivity contribution in [2.75, 3.05) is 25.5 Å². The molecule has 124 valence electrons. The molecule has 2 N–H and O–H groups in total. The van der Waals surface area contributed by atoms with E-state index in [0.29, 0.717) is 24.3 Å². The van der Waals surface area contributed by atoms with Gasteiger partial charge in [0.1, 0.15) is 5.82 Å². The number of nitrogens with zero attached hydrogens (tertiary/aromatic N) is 3. The van der Waals surface area contributed by atoms with E-state index in [9.17, 15) is 9.59 Å². The van der Waals surface area contributed by atoms with Crippen molar-refractivity contribution in [3.63, 3.8) is 0 Å². The lowest BCUT2D eigenvalue weighted by Crippen LogP contribution is -2.34. The maximum absolute atomic E-state index is 12.3. The van der Waals surface area contributed by atoms with Crippen molar-refractivity contribution in [3.05, 3.63) is 48.2 Å². The van der Waals surface area contributed by atoms with Crippen LogP contribution in [0, 0.1) is 0 Å². The molecule has 0 spiro atoms. The highest BCUT2D eigenvalue weighted by Gasteiger charge is 2.30. The molecular formula is C18H20N4O2. The molecule has 1 aliphatic rings. The van der Waals surface area contributed by atoms with Gasteiger partial charge in [0.05, 0.1) is 6.04 Å². The second-order valence-electron chi connectivity index (χ2n) is 6.04. The zero-order valence-electron chi connectivity index (χ0n) is 13.8. The summed E-state index contributed by atoms with van der Waals surface area (Å²) in [5.74, 6) is 0.432. The Kier molecular flexibility index (Phi) is 4.31. The molecule has 6 nitrogen and oxygen atoms in total. The van der Waals surface area contributed by atoms with Crippen molar-refractivity contribution in [1.82, 2.24) is 9.88 Å². The largest absolute Gasteiger partial charge is 0.345 e. The maximum Gasteiger partial charge on any atom is 0.253 e. The fraction of sp³-hybridized carbons (Fsp3) is 0.278. The zero-order valence-corrected chi connectivity index (χ0v) is 13.8. The number of benzene rings is 1. The Hall–Kier alpha value is -2.73. The lowest BCUT2D eigenvalue weighted by Gasteiger charge is -2.16. The van der Waals surface area contributed by atoms with Gasteiger partial charge in [-0.05, 0) is 30.2 Å². The van der Waals surface area contributed by atoms with Crippen molar-refractivity contribution >= 4 is 17.6 Å². The minimum Gasteiger partial charge on any atom is -0.345 e. The number of pyridine rings is 1. The SMILES string of the molecule is CN(C)C(=O)c1ccccc1-c1ccc(N2CC[C@H](N)C2=O)nc1. The van der Waals surface area contributed by atoms with Crippen LogP contribution < -0.4 is 10.6 Å². The summed E-state index contributed by atoms with van der Waals surface area (Å²) in [6, 6.07) is 10.7. The number of carbonyl (C=O) groups excluding carboxylic acids is 2. The van der Waals surface area contributed by atoms with Crippen LogP contribution in [-0.4, -0.2) is 48.4 Å². The topological polar surface area (TPSA) is 79.5 Å². The Morgan fingerprint density at radius 2 is 2.00 bits per heavy atom. The molecule has 1 aromatic carbocycles. The van der Waals surface area contributed by atoms with Crippen LogP contribution in [0.5, 0.6) is 0 Å². The predicted molar refractivity (Wildman–Crippen MR) is 92.6 cm³/mol. The van der Waals surface area contributed by atoms with Crippen molar-refractivity contribution in [1.29, 1.82) is 0 Å². The summed E-state index contributed by atoms with van der Waals surface area (Å²) in [7, 11) is 3.45. The van der Waals surface area contributed by atoms with Crippen molar-refractivity contribution in [2.24, 2.45) is 5.73 Å². The lowest BCUT2D eigenvalue weighted by molar-refractivity contribution is -0.118. The van der Waals surface area contributed by atoms with Gasteiger partial charge in [-0.3, -0.25) is 14.5 Å². The van der Waals surface area contributed by atoms with Crippen LogP contribution >= 0.6 is 0 Å². The number of hydrogen-bond donors (Lipinski definition) is 1. The van der Waals surface area contributed by atoms with Gasteiger partial charge in [0, 0.05) is 38.0 Å². The first kappa shape index (κ1) is 16.1. The highest BCUT2D eigenvalue weighted by molar-refractivity contribution is 6.01. The van der Waals surface area contributed by atoms with Crippen LogP contribution in [0.25, 0.3) is 11.1 Å². The van der Waals surface area contributed by atoms with Gasteiger partial charge < -0.3 is 10.6 Å². The summed E-state index contributed by atoms with van der Waals surface area (Å²) >= 11 is 0. The number of aromatic nitrogens is 1. The van der Waals surface area contributed by atoms with Crippen LogP contribution in [0.4, 0.5) is 5.82 Å². The second kappa shape index (κ2) is 6.41. The molecule has 2 heterocycles. The van der Waals surface area contributed by atoms with Gasteiger partial charge in [-0.2, -0.15) is 0 Å². The highest BCUT2D eigenvalue weighted by atomic mass is 16.2. The molecule has 3 rings (SSSR count). The number of nitrogens with two attached hydrogens (primary N) is 1. The predicted octanol–water partition coefficient (Wildman–Crippen LogP) is 1.51. The molecule has 1 atom stereocenters. The minimum absolute atomic E-state index is 0.0598. The third-order valence-electron chi connectivity index (χ3n) is 4.15. The molecule has 1 fully saturated rings. The number of amides is 2. The number of anilines is 1. The first-order chi connectivity index (χ1) is 11.5. The van der Waals surface area contributed by atoms with E-state index in [1.807, 2.05) is 24.3 Å². The molecule has 0 radical (unpaired) electrons. The van der Waals surface area contributed by atoms with E-state index in [0.717, 1.165) is 11.1 Å². The molecule has 2 aromatic rings. The van der Waals surface area contributed by atoms with E-state index >= 15 is 0 Å². The van der Waals surface area contributed by atoms with Crippen LogP contribution in [0.2, 0.25) is 0 Å². The Balaban J connectivity index is 1.92. The van der Waals surface area contributed by atoms with Crippen LogP contribution in [-0.2, 0) is 4.79 Å². The Labute approximate surface area is 140 Å². The maximum atomic E-state index is 12.3. The number of hydrogen-bond acceptors (Lipinski definition) is 4. The Morgan fingerprint density at radius 1 is 1.25 bits per heavy atom. The van der Waals surface area contributed by atoms with Crippen molar-refractivity contribution in [2.45, 2.75) is 12.5 Å². The normalized spacial score (nSPS) is 17.2. The first-order valence-corrected chi connectivity index (χ1v) is 7.83. The average molecular weight is 324 g/mol. The molecule has 6 heteroatoms. The van der Waals surface area contributed by atoms with Gasteiger partial charge in [-0.1, -0.05) is 18.2 Å². The molecule has 1 aromatic heterocycles. The van der Waals surface area contributed by atoms with Crippen molar-refractivity contribution < 1.29 is 9.59 Å². The van der Waals surface area contributed by atoms with Crippen molar-refractivity contribution in [3.8, 4) is 11.1 Å². The lowest BCUT2D eigenvalue weighted by atomic mass is 10.0. The van der Waals surface area contributed by atoms with E-state index in [1.54, 1.807) is 42.2 Å². The molecule has 0 saturated carbocycles. The number of carbonyl (C=O) groups is 2. The molecule has 1 aliphatic heterocycles. The Morgan fingerprint density at radius 3 is 2.58 bits per heavy atom. The average Bonchev–Trinajstić information content (AvgIpc) is 2.93. The number of rotatable bonds is 3. The quantitative estimate of drug-likeness (QED) is 0.928. The molecule has 0 bridgehead atoms. The fourth-order valence-electron chi connectivity index (χ4n) is 2.80. The van der Waals surface area contributed by atoms with Gasteiger partial charge in [0.25, 0.3) is 5.91 Å². The highest BCUT2D eigenvalue weighted by Crippen LogP contribution is 2.26. The van der Waals surface area contributed by atoms with E-state index < -0.39 is 6.04 Å². The van der Waals surface area contributed by atoms with E-state index in [1.165, 1.54) is 0 Å². The van der Waals surface area contributed by atoms with Crippen LogP contribution in [0.15, 0.2) is 42.6 Å². The fourth-order valence-corrected chi connectivity index (χ4v) is 2.80.